The van der Waals surface area contributed by atoms with Gasteiger partial charge in [-0.15, -0.1) is 0 Å². The third-order valence-corrected chi connectivity index (χ3v) is 3.64. The Balaban J connectivity index is 1.81. The number of hydrogen-bond donors (Lipinski definition) is 1. The molecule has 1 aliphatic heterocycles. The van der Waals surface area contributed by atoms with Crippen LogP contribution in [0.1, 0.15) is 19.8 Å². The van der Waals surface area contributed by atoms with E-state index in [1.54, 1.807) is 4.90 Å². The number of urea groups is 1. The first kappa shape index (κ1) is 15.6. The third-order valence-electron chi connectivity index (χ3n) is 3.64. The van der Waals surface area contributed by atoms with Crippen LogP contribution in [0.4, 0.5) is 10.5 Å². The van der Waals surface area contributed by atoms with Gasteiger partial charge in [-0.2, -0.15) is 0 Å². The van der Waals surface area contributed by atoms with Gasteiger partial charge in [0.1, 0.15) is 5.75 Å². The van der Waals surface area contributed by atoms with Crippen LogP contribution < -0.4 is 10.1 Å². The zero-order valence-corrected chi connectivity index (χ0v) is 12.8. The summed E-state index contributed by atoms with van der Waals surface area (Å²) in [6.07, 6.45) is 2.06. The molecule has 2 rings (SSSR count). The van der Waals surface area contributed by atoms with Gasteiger partial charge in [-0.3, -0.25) is 0 Å². The summed E-state index contributed by atoms with van der Waals surface area (Å²) in [6, 6.07) is 7.34. The fourth-order valence-electron chi connectivity index (χ4n) is 2.42. The van der Waals surface area contributed by atoms with Gasteiger partial charge in [-0.25, -0.2) is 4.79 Å². The van der Waals surface area contributed by atoms with E-state index >= 15 is 0 Å². The van der Waals surface area contributed by atoms with Crippen LogP contribution in [0, 0.1) is 5.92 Å². The lowest BCUT2D eigenvalue weighted by Gasteiger charge is -2.27. The van der Waals surface area contributed by atoms with Crippen LogP contribution in [0.5, 0.6) is 5.75 Å². The SMILES string of the molecule is CCOc1ccc(NC(=O)N(C)CC2CCOCC2)cc1. The lowest BCUT2D eigenvalue weighted by molar-refractivity contribution is 0.0592. The van der Waals surface area contributed by atoms with Crippen molar-refractivity contribution in [2.45, 2.75) is 19.8 Å². The van der Waals surface area contributed by atoms with E-state index in [2.05, 4.69) is 5.32 Å². The van der Waals surface area contributed by atoms with Crippen molar-refractivity contribution in [3.8, 4) is 5.75 Å². The molecule has 1 heterocycles. The Morgan fingerprint density at radius 1 is 1.33 bits per heavy atom. The van der Waals surface area contributed by atoms with E-state index in [0.29, 0.717) is 12.5 Å². The molecule has 1 saturated heterocycles. The second-order valence-corrected chi connectivity index (χ2v) is 5.32. The molecular formula is C16H24N2O3. The summed E-state index contributed by atoms with van der Waals surface area (Å²) >= 11 is 0. The normalized spacial score (nSPS) is 15.5. The maximum atomic E-state index is 12.1. The van der Waals surface area contributed by atoms with E-state index in [9.17, 15) is 4.79 Å². The van der Waals surface area contributed by atoms with E-state index in [4.69, 9.17) is 9.47 Å². The van der Waals surface area contributed by atoms with Gasteiger partial charge in [0.05, 0.1) is 6.61 Å². The highest BCUT2D eigenvalue weighted by atomic mass is 16.5. The Morgan fingerprint density at radius 2 is 2.00 bits per heavy atom. The molecule has 116 valence electrons. The fourth-order valence-corrected chi connectivity index (χ4v) is 2.42. The van der Waals surface area contributed by atoms with Gasteiger partial charge in [0.25, 0.3) is 0 Å². The van der Waals surface area contributed by atoms with Crippen molar-refractivity contribution in [1.82, 2.24) is 4.90 Å². The number of anilines is 1. The lowest BCUT2D eigenvalue weighted by atomic mass is 10.00. The predicted octanol–water partition coefficient (Wildman–Crippen LogP) is 2.98. The molecule has 0 radical (unpaired) electrons. The molecule has 5 nitrogen and oxygen atoms in total. The van der Waals surface area contributed by atoms with Crippen molar-refractivity contribution in [3.05, 3.63) is 24.3 Å². The zero-order chi connectivity index (χ0) is 15.1. The second kappa shape index (κ2) is 7.88. The number of rotatable bonds is 5. The van der Waals surface area contributed by atoms with Crippen molar-refractivity contribution in [3.63, 3.8) is 0 Å². The van der Waals surface area contributed by atoms with Crippen molar-refractivity contribution in [1.29, 1.82) is 0 Å². The third kappa shape index (κ3) is 4.93. The number of ether oxygens (including phenoxy) is 2. The van der Waals surface area contributed by atoms with Crippen molar-refractivity contribution in [2.24, 2.45) is 5.92 Å². The van der Waals surface area contributed by atoms with Crippen LogP contribution in [0.3, 0.4) is 0 Å². The Hall–Kier alpha value is -1.75. The molecule has 1 fully saturated rings. The van der Waals surface area contributed by atoms with Crippen LogP contribution in [0.2, 0.25) is 0 Å². The quantitative estimate of drug-likeness (QED) is 0.907. The smallest absolute Gasteiger partial charge is 0.321 e. The summed E-state index contributed by atoms with van der Waals surface area (Å²) in [6.45, 7) is 4.96. The maximum absolute atomic E-state index is 12.1. The first-order valence-corrected chi connectivity index (χ1v) is 7.51. The van der Waals surface area contributed by atoms with Crippen molar-refractivity contribution >= 4 is 11.7 Å². The van der Waals surface area contributed by atoms with E-state index < -0.39 is 0 Å². The number of nitrogens with one attached hydrogen (secondary N) is 1. The van der Waals surface area contributed by atoms with Gasteiger partial charge in [0.15, 0.2) is 0 Å². The molecule has 0 saturated carbocycles. The molecule has 0 aromatic heterocycles. The highest BCUT2D eigenvalue weighted by Gasteiger charge is 2.18. The molecule has 1 aromatic rings. The van der Waals surface area contributed by atoms with Gasteiger partial charge < -0.3 is 19.7 Å². The minimum absolute atomic E-state index is 0.0781. The summed E-state index contributed by atoms with van der Waals surface area (Å²) in [5.41, 5.74) is 0.780. The molecule has 0 bridgehead atoms. The van der Waals surface area contributed by atoms with E-state index in [1.165, 1.54) is 0 Å². The van der Waals surface area contributed by atoms with E-state index in [1.807, 2.05) is 38.2 Å². The standard InChI is InChI=1S/C16H24N2O3/c1-3-21-15-6-4-14(5-7-15)17-16(19)18(2)12-13-8-10-20-11-9-13/h4-7,13H,3,8-12H2,1-2H3,(H,17,19). The lowest BCUT2D eigenvalue weighted by Crippen LogP contribution is -2.36. The Bertz CT molecular complexity index is 441. The molecule has 0 aliphatic carbocycles. The number of carbonyl (C=O) groups excluding carboxylic acids is 1. The number of amides is 2. The largest absolute Gasteiger partial charge is 0.494 e. The topological polar surface area (TPSA) is 50.8 Å². The molecule has 5 heteroatoms. The van der Waals surface area contributed by atoms with Gasteiger partial charge in [0.2, 0.25) is 0 Å². The molecule has 0 atom stereocenters. The monoisotopic (exact) mass is 292 g/mol. The average Bonchev–Trinajstić information content (AvgIpc) is 2.50. The first-order chi connectivity index (χ1) is 10.2. The molecule has 1 N–H and O–H groups in total. The van der Waals surface area contributed by atoms with Gasteiger partial charge in [0, 0.05) is 32.5 Å². The Labute approximate surface area is 126 Å². The van der Waals surface area contributed by atoms with Crippen LogP contribution in [-0.4, -0.2) is 44.3 Å². The van der Waals surface area contributed by atoms with Crippen LogP contribution in [-0.2, 0) is 4.74 Å². The fraction of sp³-hybridized carbons (Fsp3) is 0.562. The molecule has 0 unspecified atom stereocenters. The predicted molar refractivity (Wildman–Crippen MR) is 82.8 cm³/mol. The Morgan fingerprint density at radius 3 is 2.62 bits per heavy atom. The summed E-state index contributed by atoms with van der Waals surface area (Å²) in [4.78, 5) is 13.9. The average molecular weight is 292 g/mol. The van der Waals surface area contributed by atoms with Crippen LogP contribution >= 0.6 is 0 Å². The van der Waals surface area contributed by atoms with Gasteiger partial charge >= 0.3 is 6.03 Å². The molecule has 1 aromatic carbocycles. The second-order valence-electron chi connectivity index (χ2n) is 5.32. The van der Waals surface area contributed by atoms with Gasteiger partial charge in [-0.1, -0.05) is 0 Å². The zero-order valence-electron chi connectivity index (χ0n) is 12.8. The van der Waals surface area contributed by atoms with Crippen LogP contribution in [0.25, 0.3) is 0 Å². The van der Waals surface area contributed by atoms with Gasteiger partial charge in [-0.05, 0) is 49.9 Å². The van der Waals surface area contributed by atoms with E-state index in [-0.39, 0.29) is 6.03 Å². The molecule has 2 amide bonds. The molecule has 21 heavy (non-hydrogen) atoms. The highest BCUT2D eigenvalue weighted by molar-refractivity contribution is 5.89. The molecular weight excluding hydrogens is 268 g/mol. The number of hydrogen-bond acceptors (Lipinski definition) is 3. The van der Waals surface area contributed by atoms with Crippen molar-refractivity contribution < 1.29 is 14.3 Å². The molecule has 0 spiro atoms. The summed E-state index contributed by atoms with van der Waals surface area (Å²) in [7, 11) is 1.83. The minimum Gasteiger partial charge on any atom is -0.494 e. The van der Waals surface area contributed by atoms with Crippen LogP contribution in [0.15, 0.2) is 24.3 Å². The Kier molecular flexibility index (Phi) is 5.87. The number of carbonyl (C=O) groups is 1. The first-order valence-electron chi connectivity index (χ1n) is 7.51. The van der Waals surface area contributed by atoms with Crippen molar-refractivity contribution in [2.75, 3.05) is 38.7 Å². The molecule has 1 aliphatic rings. The maximum Gasteiger partial charge on any atom is 0.321 e. The minimum atomic E-state index is -0.0781. The van der Waals surface area contributed by atoms with E-state index in [0.717, 1.165) is 44.0 Å². The summed E-state index contributed by atoms with van der Waals surface area (Å²) in [5.74, 6) is 1.35. The summed E-state index contributed by atoms with van der Waals surface area (Å²) < 4.78 is 10.7. The highest BCUT2D eigenvalue weighted by Crippen LogP contribution is 2.18. The summed E-state index contributed by atoms with van der Waals surface area (Å²) in [5, 5.41) is 2.90. The number of nitrogens with zero attached hydrogens (tertiary/aromatic N) is 1. The number of benzene rings is 1.